The minimum Gasteiger partial charge on any atom is -0.302 e. The Bertz CT molecular complexity index is 737. The molecule has 4 rings (SSSR count). The molecule has 1 unspecified atom stereocenters. The van der Waals surface area contributed by atoms with Gasteiger partial charge in [0.25, 0.3) is 0 Å². The molecule has 2 aliphatic carbocycles. The van der Waals surface area contributed by atoms with E-state index in [9.17, 15) is 8.76 Å². The molecule has 0 radical (unpaired) electrons. The third-order valence-corrected chi connectivity index (χ3v) is 5.41. The molecule has 2 aliphatic rings. The topological polar surface area (TPSA) is 50.2 Å². The van der Waals surface area contributed by atoms with E-state index in [-0.39, 0.29) is 0 Å². The molecule has 1 heterocycles. The first-order chi connectivity index (χ1) is 9.65. The highest BCUT2D eigenvalue weighted by molar-refractivity contribution is 7.79. The zero-order valence-corrected chi connectivity index (χ0v) is 12.2. The summed E-state index contributed by atoms with van der Waals surface area (Å²) >= 11 is -1.94. The van der Waals surface area contributed by atoms with E-state index >= 15 is 0 Å². The van der Waals surface area contributed by atoms with Crippen molar-refractivity contribution in [3.63, 3.8) is 0 Å². The third kappa shape index (κ3) is 1.82. The van der Waals surface area contributed by atoms with Crippen molar-refractivity contribution < 1.29 is 8.76 Å². The highest BCUT2D eigenvalue weighted by Crippen LogP contribution is 2.43. The molecule has 1 fully saturated rings. The molecular weight excluding hydrogens is 270 g/mol. The molecule has 0 saturated heterocycles. The number of benzene rings is 1. The van der Waals surface area contributed by atoms with Crippen molar-refractivity contribution in [1.29, 1.82) is 0 Å². The summed E-state index contributed by atoms with van der Waals surface area (Å²) in [5.41, 5.74) is 3.64. The van der Waals surface area contributed by atoms with Gasteiger partial charge >= 0.3 is 0 Å². The molecule has 2 atom stereocenters. The second-order valence-corrected chi connectivity index (χ2v) is 7.00. The van der Waals surface area contributed by atoms with Gasteiger partial charge in [0.05, 0.1) is 4.90 Å². The number of fused-ring (bicyclic) bond motifs is 3. The number of aryl methyl sites for hydroxylation is 1. The largest absolute Gasteiger partial charge is 0.302 e. The molecule has 1 N–H and O–H groups in total. The molecule has 0 amide bonds. The average Bonchev–Trinajstić information content (AvgIpc) is 3.22. The predicted molar refractivity (Wildman–Crippen MR) is 79.5 cm³/mol. The van der Waals surface area contributed by atoms with Crippen LogP contribution >= 0.6 is 0 Å². The molecule has 1 aromatic carbocycles. The summed E-state index contributed by atoms with van der Waals surface area (Å²) in [5.74, 6) is 1.03. The monoisotopic (exact) mass is 287 g/mol. The van der Waals surface area contributed by atoms with Crippen LogP contribution in [-0.4, -0.2) is 13.7 Å². The van der Waals surface area contributed by atoms with Gasteiger partial charge in [-0.15, -0.1) is 0 Å². The van der Waals surface area contributed by atoms with Crippen molar-refractivity contribution in [1.82, 2.24) is 4.98 Å². The van der Waals surface area contributed by atoms with Gasteiger partial charge in [0, 0.05) is 28.6 Å². The normalized spacial score (nSPS) is 23.0. The van der Waals surface area contributed by atoms with Crippen LogP contribution in [0.25, 0.3) is 10.8 Å². The Morgan fingerprint density at radius 3 is 2.75 bits per heavy atom. The molecule has 1 saturated carbocycles. The molecule has 3 nitrogen and oxygen atoms in total. The van der Waals surface area contributed by atoms with E-state index in [2.05, 4.69) is 11.9 Å². The summed E-state index contributed by atoms with van der Waals surface area (Å²) in [7, 11) is 0. The maximum atomic E-state index is 11.7. The van der Waals surface area contributed by atoms with Gasteiger partial charge in [0.2, 0.25) is 0 Å². The van der Waals surface area contributed by atoms with Gasteiger partial charge in [-0.05, 0) is 54.9 Å². The van der Waals surface area contributed by atoms with Crippen molar-refractivity contribution in [2.45, 2.75) is 49.3 Å². The number of nitrogens with zero attached hydrogens (tertiary/aromatic N) is 1. The van der Waals surface area contributed by atoms with E-state index in [1.165, 1.54) is 24.0 Å². The number of hydrogen-bond donors (Lipinski definition) is 1. The predicted octanol–water partition coefficient (Wildman–Crippen LogP) is 3.74. The number of aromatic nitrogens is 1. The molecule has 0 bridgehead atoms. The lowest BCUT2D eigenvalue weighted by Crippen LogP contribution is -1.98. The van der Waals surface area contributed by atoms with E-state index < -0.39 is 11.1 Å². The fraction of sp³-hybridized carbons (Fsp3) is 0.438. The maximum Gasteiger partial charge on any atom is 0.187 e. The van der Waals surface area contributed by atoms with Crippen molar-refractivity contribution in [2.75, 3.05) is 0 Å². The van der Waals surface area contributed by atoms with Crippen molar-refractivity contribution >= 4 is 21.9 Å². The van der Waals surface area contributed by atoms with E-state index in [4.69, 9.17) is 0 Å². The molecule has 2 aromatic rings. The zero-order chi connectivity index (χ0) is 13.9. The van der Waals surface area contributed by atoms with Crippen LogP contribution in [0.5, 0.6) is 0 Å². The Balaban J connectivity index is 2.03. The molecule has 4 heteroatoms. The minimum atomic E-state index is -1.94. The maximum absolute atomic E-state index is 11.7. The minimum absolute atomic E-state index is 0.472. The van der Waals surface area contributed by atoms with Crippen LogP contribution < -0.4 is 0 Å². The van der Waals surface area contributed by atoms with E-state index in [0.29, 0.717) is 16.7 Å². The molecule has 0 aliphatic heterocycles. The fourth-order valence-electron chi connectivity index (χ4n) is 3.36. The summed E-state index contributed by atoms with van der Waals surface area (Å²) in [5, 5.41) is 2.00. The third-order valence-electron chi connectivity index (χ3n) is 4.69. The van der Waals surface area contributed by atoms with Gasteiger partial charge in [0.15, 0.2) is 11.1 Å². The summed E-state index contributed by atoms with van der Waals surface area (Å²) in [6, 6.07) is 3.99. The summed E-state index contributed by atoms with van der Waals surface area (Å²) in [6.45, 7) is 2.19. The molecule has 1 aromatic heterocycles. The second-order valence-electron chi connectivity index (χ2n) is 6.06. The summed E-state index contributed by atoms with van der Waals surface area (Å²) in [6.07, 6.45) is 6.48. The Morgan fingerprint density at radius 2 is 2.05 bits per heavy atom. The van der Waals surface area contributed by atoms with E-state index in [1.54, 1.807) is 0 Å². The van der Waals surface area contributed by atoms with Crippen LogP contribution in [0.1, 0.15) is 54.8 Å². The van der Waals surface area contributed by atoms with E-state index in [0.717, 1.165) is 29.3 Å². The van der Waals surface area contributed by atoms with Crippen LogP contribution in [0.2, 0.25) is 0 Å². The Labute approximate surface area is 120 Å². The standard InChI is InChI=1S/C16H17NO2S/c1-9-2-5-11-12(9)7-16(20(18)19)13-6-15(10-3-4-10)17-8-14(11)13/h6-10H,2-5H2,1H3,(H,18,19)/t9-/m1/s1. The molecule has 104 valence electrons. The van der Waals surface area contributed by atoms with E-state index in [1.807, 2.05) is 18.3 Å². The van der Waals surface area contributed by atoms with Gasteiger partial charge < -0.3 is 4.55 Å². The van der Waals surface area contributed by atoms with Crippen LogP contribution in [0.4, 0.5) is 0 Å². The zero-order valence-electron chi connectivity index (χ0n) is 11.4. The Hall–Kier alpha value is -1.26. The van der Waals surface area contributed by atoms with Crippen molar-refractivity contribution in [3.8, 4) is 0 Å². The van der Waals surface area contributed by atoms with Crippen LogP contribution in [0.15, 0.2) is 23.2 Å². The lowest BCUT2D eigenvalue weighted by molar-refractivity contribution is 0.565. The SMILES string of the molecule is C[C@@H]1CCc2c1cc(S(=O)O)c1cc(C3CC3)ncc21. The summed E-state index contributed by atoms with van der Waals surface area (Å²) < 4.78 is 21.3. The van der Waals surface area contributed by atoms with Gasteiger partial charge in [-0.25, -0.2) is 4.21 Å². The molecule has 20 heavy (non-hydrogen) atoms. The first kappa shape index (κ1) is 12.5. The fourth-order valence-corrected chi connectivity index (χ4v) is 3.94. The van der Waals surface area contributed by atoms with Gasteiger partial charge in [0.1, 0.15) is 0 Å². The average molecular weight is 287 g/mol. The highest BCUT2D eigenvalue weighted by Gasteiger charge is 2.28. The van der Waals surface area contributed by atoms with Crippen LogP contribution in [-0.2, 0) is 17.5 Å². The lowest BCUT2D eigenvalue weighted by atomic mass is 9.98. The number of rotatable bonds is 2. The highest BCUT2D eigenvalue weighted by atomic mass is 32.2. The first-order valence-electron chi connectivity index (χ1n) is 7.21. The second kappa shape index (κ2) is 4.37. The van der Waals surface area contributed by atoms with Crippen LogP contribution in [0, 0.1) is 0 Å². The lowest BCUT2D eigenvalue weighted by Gasteiger charge is -2.12. The molecule has 0 spiro atoms. The van der Waals surface area contributed by atoms with Crippen molar-refractivity contribution in [2.24, 2.45) is 0 Å². The van der Waals surface area contributed by atoms with Crippen molar-refractivity contribution in [3.05, 3.63) is 35.2 Å². The quantitative estimate of drug-likeness (QED) is 0.856. The summed E-state index contributed by atoms with van der Waals surface area (Å²) in [4.78, 5) is 5.14. The first-order valence-corrected chi connectivity index (χ1v) is 8.32. The Morgan fingerprint density at radius 1 is 1.25 bits per heavy atom. The number of hydrogen-bond acceptors (Lipinski definition) is 2. The molecular formula is C16H17NO2S. The van der Waals surface area contributed by atoms with Gasteiger partial charge in [-0.3, -0.25) is 4.98 Å². The smallest absolute Gasteiger partial charge is 0.187 e. The van der Waals surface area contributed by atoms with Gasteiger partial charge in [-0.2, -0.15) is 0 Å². The Kier molecular flexibility index (Phi) is 2.72. The van der Waals surface area contributed by atoms with Gasteiger partial charge in [-0.1, -0.05) is 6.92 Å². The number of pyridine rings is 1. The van der Waals surface area contributed by atoms with Crippen LogP contribution in [0.3, 0.4) is 0 Å².